The predicted octanol–water partition coefficient (Wildman–Crippen LogP) is 0.572. The van der Waals surface area contributed by atoms with Gasteiger partial charge in [-0.25, -0.2) is 0 Å². The average Bonchev–Trinajstić information content (AvgIpc) is 3.16. The summed E-state index contributed by atoms with van der Waals surface area (Å²) in [5.41, 5.74) is 0.743. The molecule has 4 heteroatoms. The van der Waals surface area contributed by atoms with Crippen LogP contribution in [0, 0.1) is 16.7 Å². The lowest BCUT2D eigenvalue weighted by molar-refractivity contribution is -0.129. The Morgan fingerprint density at radius 3 is 2.42 bits per heavy atom. The van der Waals surface area contributed by atoms with E-state index < -0.39 is 30.1 Å². The Bertz CT molecular complexity index is 514. The molecule has 4 nitrogen and oxygen atoms in total. The summed E-state index contributed by atoms with van der Waals surface area (Å²) in [6.07, 6.45) is -0.139. The molecule has 3 aliphatic rings. The number of carbonyl (C=O) groups is 1. The number of fused-ring (bicyclic) bond motifs is 1. The van der Waals surface area contributed by atoms with E-state index in [-0.39, 0.29) is 11.2 Å². The van der Waals surface area contributed by atoms with Crippen LogP contribution in [-0.2, 0) is 4.79 Å². The third-order valence-corrected chi connectivity index (χ3v) is 5.60. The highest BCUT2D eigenvalue weighted by molar-refractivity contribution is 6.05. The van der Waals surface area contributed by atoms with E-state index >= 15 is 0 Å². The van der Waals surface area contributed by atoms with Crippen molar-refractivity contribution in [1.82, 2.24) is 0 Å². The summed E-state index contributed by atoms with van der Waals surface area (Å²) in [7, 11) is 0. The molecule has 1 spiro atoms. The van der Waals surface area contributed by atoms with E-state index in [0.717, 1.165) is 18.4 Å². The smallest absolute Gasteiger partial charge is 0.170 e. The van der Waals surface area contributed by atoms with Gasteiger partial charge in [-0.15, -0.1) is 0 Å². The van der Waals surface area contributed by atoms with Crippen LogP contribution in [0.5, 0.6) is 0 Å². The molecule has 2 saturated carbocycles. The Labute approximate surface area is 112 Å². The fourth-order valence-corrected chi connectivity index (χ4v) is 3.88. The van der Waals surface area contributed by atoms with Gasteiger partial charge in [-0.3, -0.25) is 4.79 Å². The van der Waals surface area contributed by atoms with Crippen LogP contribution in [0.25, 0.3) is 0 Å². The lowest BCUT2D eigenvalue weighted by atomic mass is 9.71. The van der Waals surface area contributed by atoms with Crippen LogP contribution in [0.2, 0.25) is 0 Å². The summed E-state index contributed by atoms with van der Waals surface area (Å²) in [6.45, 7) is 7.04. The lowest BCUT2D eigenvalue weighted by Gasteiger charge is -2.37. The molecule has 0 aromatic heterocycles. The maximum atomic E-state index is 12.6. The molecule has 4 atom stereocenters. The number of rotatable bonds is 1. The Morgan fingerprint density at radius 2 is 1.95 bits per heavy atom. The van der Waals surface area contributed by atoms with E-state index in [1.807, 2.05) is 6.92 Å². The molecule has 0 heterocycles. The number of Topliss-reactive ketones (excluding diaryl/α,β-unsaturated/α-hetero) is 1. The monoisotopic (exact) mass is 264 g/mol. The molecule has 104 valence electrons. The number of hydrogen-bond donors (Lipinski definition) is 3. The number of aliphatic hydroxyl groups excluding tert-OH is 3. The zero-order valence-corrected chi connectivity index (χ0v) is 11.3. The largest absolute Gasteiger partial charge is 0.395 e. The molecule has 3 rings (SSSR count). The first-order valence-corrected chi connectivity index (χ1v) is 6.73. The second kappa shape index (κ2) is 3.57. The molecule has 2 fully saturated rings. The molecule has 3 N–H and O–H groups in total. The second-order valence-corrected chi connectivity index (χ2v) is 6.47. The first kappa shape index (κ1) is 13.0. The van der Waals surface area contributed by atoms with Crippen LogP contribution >= 0.6 is 0 Å². The molecule has 0 bridgehead atoms. The Kier molecular flexibility index (Phi) is 2.45. The van der Waals surface area contributed by atoms with Gasteiger partial charge in [0.05, 0.1) is 24.2 Å². The van der Waals surface area contributed by atoms with Gasteiger partial charge in [-0.2, -0.15) is 0 Å². The highest BCUT2D eigenvalue weighted by atomic mass is 16.3. The van der Waals surface area contributed by atoms with Crippen molar-refractivity contribution in [3.8, 4) is 0 Å². The Morgan fingerprint density at radius 1 is 1.37 bits per heavy atom. The third-order valence-electron chi connectivity index (χ3n) is 5.60. The van der Waals surface area contributed by atoms with E-state index in [1.165, 1.54) is 0 Å². The Hall–Kier alpha value is -0.970. The van der Waals surface area contributed by atoms with Gasteiger partial charge in [0.15, 0.2) is 5.78 Å². The van der Waals surface area contributed by atoms with Crippen molar-refractivity contribution in [3.63, 3.8) is 0 Å². The van der Waals surface area contributed by atoms with Gasteiger partial charge < -0.3 is 15.3 Å². The third kappa shape index (κ3) is 1.27. The number of aliphatic hydroxyl groups is 3. The van der Waals surface area contributed by atoms with Crippen LogP contribution in [0.3, 0.4) is 0 Å². The molecule has 19 heavy (non-hydrogen) atoms. The normalized spacial score (nSPS) is 43.9. The molecule has 0 amide bonds. The maximum absolute atomic E-state index is 12.6. The van der Waals surface area contributed by atoms with Crippen LogP contribution < -0.4 is 0 Å². The quantitative estimate of drug-likeness (QED) is 0.605. The topological polar surface area (TPSA) is 77.8 Å². The summed E-state index contributed by atoms with van der Waals surface area (Å²) >= 11 is 0. The highest BCUT2D eigenvalue weighted by Gasteiger charge is 2.64. The summed E-state index contributed by atoms with van der Waals surface area (Å²) in [5, 5.41) is 30.3. The maximum Gasteiger partial charge on any atom is 0.170 e. The van der Waals surface area contributed by atoms with Gasteiger partial charge in [-0.1, -0.05) is 12.2 Å². The van der Waals surface area contributed by atoms with Gasteiger partial charge in [0.1, 0.15) is 0 Å². The molecular formula is C15H20O4. The molecule has 4 unspecified atom stereocenters. The Balaban J connectivity index is 2.21. The van der Waals surface area contributed by atoms with Crippen LogP contribution in [-0.4, -0.2) is 39.9 Å². The first-order chi connectivity index (χ1) is 8.81. The summed E-state index contributed by atoms with van der Waals surface area (Å²) < 4.78 is 0. The number of carbonyl (C=O) groups excluding carboxylic acids is 1. The number of hydrogen-bond acceptors (Lipinski definition) is 4. The van der Waals surface area contributed by atoms with Gasteiger partial charge in [0.25, 0.3) is 0 Å². The number of allylic oxidation sites excluding steroid dienone is 1. The van der Waals surface area contributed by atoms with E-state index in [4.69, 9.17) is 0 Å². The standard InChI is InChI=1S/C15H20O4/c1-7-9-10(11(17)8(2)15(7)4-5-15)13(19)14(3,6-16)12(9)18/h10-11,13,16-17,19H,2,4-6H2,1,3H3. The minimum atomic E-state index is -1.21. The van der Waals surface area contributed by atoms with Crippen LogP contribution in [0.15, 0.2) is 23.3 Å². The van der Waals surface area contributed by atoms with Gasteiger partial charge in [0, 0.05) is 16.9 Å². The fourth-order valence-electron chi connectivity index (χ4n) is 3.88. The van der Waals surface area contributed by atoms with Crippen molar-refractivity contribution in [3.05, 3.63) is 23.3 Å². The van der Waals surface area contributed by atoms with Crippen molar-refractivity contribution < 1.29 is 20.1 Å². The minimum absolute atomic E-state index is 0.220. The highest BCUT2D eigenvalue weighted by Crippen LogP contribution is 2.65. The van der Waals surface area contributed by atoms with E-state index in [1.54, 1.807) is 6.92 Å². The van der Waals surface area contributed by atoms with E-state index in [9.17, 15) is 20.1 Å². The zero-order valence-electron chi connectivity index (χ0n) is 11.3. The summed E-state index contributed by atoms with van der Waals surface area (Å²) in [6, 6.07) is 0. The minimum Gasteiger partial charge on any atom is -0.395 e. The molecule has 0 saturated heterocycles. The number of ketones is 1. The predicted molar refractivity (Wildman–Crippen MR) is 69.2 cm³/mol. The van der Waals surface area contributed by atoms with Crippen molar-refractivity contribution in [2.24, 2.45) is 16.7 Å². The van der Waals surface area contributed by atoms with Crippen LogP contribution in [0.1, 0.15) is 26.7 Å². The summed E-state index contributed by atoms with van der Waals surface area (Å²) in [5.74, 6) is -0.855. The summed E-state index contributed by atoms with van der Waals surface area (Å²) in [4.78, 5) is 12.6. The van der Waals surface area contributed by atoms with E-state index in [2.05, 4.69) is 6.58 Å². The van der Waals surface area contributed by atoms with Crippen LogP contribution in [0.4, 0.5) is 0 Å². The SMILES string of the molecule is C=C1C(O)C2C(=C(C)C13CC3)C(=O)C(C)(CO)C2O. The molecule has 3 aliphatic carbocycles. The zero-order chi connectivity index (χ0) is 14.2. The van der Waals surface area contributed by atoms with Crippen molar-refractivity contribution in [2.75, 3.05) is 6.61 Å². The average molecular weight is 264 g/mol. The van der Waals surface area contributed by atoms with Crippen molar-refractivity contribution >= 4 is 5.78 Å². The molecule has 0 aliphatic heterocycles. The molecule has 0 radical (unpaired) electrons. The van der Waals surface area contributed by atoms with E-state index in [0.29, 0.717) is 11.1 Å². The molecule has 0 aromatic carbocycles. The lowest BCUT2D eigenvalue weighted by Crippen LogP contribution is -2.42. The van der Waals surface area contributed by atoms with Gasteiger partial charge in [-0.05, 0) is 32.3 Å². The van der Waals surface area contributed by atoms with Crippen molar-refractivity contribution in [2.45, 2.75) is 38.9 Å². The fraction of sp³-hybridized carbons (Fsp3) is 0.667. The molecule has 0 aromatic rings. The first-order valence-electron chi connectivity index (χ1n) is 6.73. The van der Waals surface area contributed by atoms with Gasteiger partial charge >= 0.3 is 0 Å². The second-order valence-electron chi connectivity index (χ2n) is 6.47. The molecular weight excluding hydrogens is 244 g/mol. The van der Waals surface area contributed by atoms with Crippen molar-refractivity contribution in [1.29, 1.82) is 0 Å². The van der Waals surface area contributed by atoms with Gasteiger partial charge in [0.2, 0.25) is 0 Å².